The van der Waals surface area contributed by atoms with E-state index in [9.17, 15) is 8.42 Å². The predicted octanol–water partition coefficient (Wildman–Crippen LogP) is 2.82. The summed E-state index contributed by atoms with van der Waals surface area (Å²) < 4.78 is 23.5. The van der Waals surface area contributed by atoms with Gasteiger partial charge in [-0.3, -0.25) is 4.99 Å². The van der Waals surface area contributed by atoms with E-state index in [-0.39, 0.29) is 0 Å². The van der Waals surface area contributed by atoms with E-state index in [1.54, 1.807) is 13.1 Å². The van der Waals surface area contributed by atoms with E-state index in [0.717, 1.165) is 24.2 Å². The second-order valence-corrected chi connectivity index (χ2v) is 10.6. The number of hydrogen-bond donors (Lipinski definition) is 2. The number of guanidine groups is 1. The lowest BCUT2D eigenvalue weighted by molar-refractivity contribution is 0.601. The lowest BCUT2D eigenvalue weighted by Gasteiger charge is -2.28. The number of anilines is 1. The molecule has 6 nitrogen and oxygen atoms in total. The first kappa shape index (κ1) is 22.5. The predicted molar refractivity (Wildman–Crippen MR) is 127 cm³/mol. The SMILES string of the molecule is CN=C(NCc1ccc(N2CCSCC2)cc1)NCc1ccc(S(C)(=O)=O)c(C)c1. The van der Waals surface area contributed by atoms with Crippen LogP contribution in [0.25, 0.3) is 0 Å². The second-order valence-electron chi connectivity index (χ2n) is 7.42. The first-order valence-electron chi connectivity index (χ1n) is 10.0. The first-order chi connectivity index (χ1) is 14.4. The molecule has 3 rings (SSSR count). The number of nitrogens with zero attached hydrogens (tertiary/aromatic N) is 2. The molecule has 1 saturated heterocycles. The summed E-state index contributed by atoms with van der Waals surface area (Å²) >= 11 is 2.02. The van der Waals surface area contributed by atoms with Crippen molar-refractivity contribution in [1.82, 2.24) is 10.6 Å². The van der Waals surface area contributed by atoms with Crippen molar-refractivity contribution < 1.29 is 8.42 Å². The lowest BCUT2D eigenvalue weighted by atomic mass is 10.1. The van der Waals surface area contributed by atoms with Crippen LogP contribution in [0.4, 0.5) is 5.69 Å². The molecule has 0 radical (unpaired) electrons. The topological polar surface area (TPSA) is 73.8 Å². The third-order valence-electron chi connectivity index (χ3n) is 5.09. The highest BCUT2D eigenvalue weighted by Crippen LogP contribution is 2.20. The van der Waals surface area contributed by atoms with E-state index >= 15 is 0 Å². The van der Waals surface area contributed by atoms with Crippen LogP contribution in [0.15, 0.2) is 52.4 Å². The van der Waals surface area contributed by atoms with Gasteiger partial charge in [-0.25, -0.2) is 8.42 Å². The molecule has 30 heavy (non-hydrogen) atoms. The zero-order valence-corrected chi connectivity index (χ0v) is 19.4. The summed E-state index contributed by atoms with van der Waals surface area (Å²) in [4.78, 5) is 7.09. The largest absolute Gasteiger partial charge is 0.370 e. The van der Waals surface area contributed by atoms with Crippen molar-refractivity contribution in [2.24, 2.45) is 4.99 Å². The Bertz CT molecular complexity index is 983. The van der Waals surface area contributed by atoms with Crippen molar-refractivity contribution in [2.45, 2.75) is 24.9 Å². The zero-order valence-electron chi connectivity index (χ0n) is 17.8. The monoisotopic (exact) mass is 446 g/mol. The molecule has 0 bridgehead atoms. The van der Waals surface area contributed by atoms with E-state index in [4.69, 9.17) is 0 Å². The van der Waals surface area contributed by atoms with Gasteiger partial charge in [-0.15, -0.1) is 0 Å². The third kappa shape index (κ3) is 6.15. The molecule has 0 atom stereocenters. The number of aryl methyl sites for hydroxylation is 1. The second kappa shape index (κ2) is 10.2. The molecule has 2 aromatic carbocycles. The highest BCUT2D eigenvalue weighted by Gasteiger charge is 2.12. The fourth-order valence-corrected chi connectivity index (χ4v) is 5.34. The number of nitrogens with one attached hydrogen (secondary N) is 2. The van der Waals surface area contributed by atoms with E-state index in [1.165, 1.54) is 29.0 Å². The van der Waals surface area contributed by atoms with Crippen LogP contribution in [-0.4, -0.2) is 52.3 Å². The van der Waals surface area contributed by atoms with Crippen LogP contribution in [0.2, 0.25) is 0 Å². The number of rotatable bonds is 6. The van der Waals surface area contributed by atoms with Crippen molar-refractivity contribution >= 4 is 33.2 Å². The highest BCUT2D eigenvalue weighted by atomic mass is 32.2. The third-order valence-corrected chi connectivity index (χ3v) is 7.29. The van der Waals surface area contributed by atoms with Crippen LogP contribution in [0.3, 0.4) is 0 Å². The number of thioether (sulfide) groups is 1. The minimum atomic E-state index is -3.20. The maximum atomic E-state index is 11.8. The Morgan fingerprint density at radius 2 is 1.63 bits per heavy atom. The Morgan fingerprint density at radius 1 is 1.03 bits per heavy atom. The lowest BCUT2D eigenvalue weighted by Crippen LogP contribution is -2.36. The Kier molecular flexibility index (Phi) is 7.66. The van der Waals surface area contributed by atoms with Crippen LogP contribution < -0.4 is 15.5 Å². The van der Waals surface area contributed by atoms with Gasteiger partial charge in [0.05, 0.1) is 4.90 Å². The van der Waals surface area contributed by atoms with Crippen LogP contribution in [-0.2, 0) is 22.9 Å². The zero-order chi connectivity index (χ0) is 21.6. The first-order valence-corrected chi connectivity index (χ1v) is 13.1. The van der Waals surface area contributed by atoms with Gasteiger partial charge in [-0.05, 0) is 41.8 Å². The molecule has 0 aromatic heterocycles. The van der Waals surface area contributed by atoms with Gasteiger partial charge in [0, 0.05) is 56.7 Å². The van der Waals surface area contributed by atoms with Gasteiger partial charge in [0.15, 0.2) is 15.8 Å². The van der Waals surface area contributed by atoms with Crippen LogP contribution in [0, 0.1) is 6.92 Å². The average molecular weight is 447 g/mol. The molecule has 2 N–H and O–H groups in total. The van der Waals surface area contributed by atoms with Crippen molar-refractivity contribution in [3.05, 3.63) is 59.2 Å². The summed E-state index contributed by atoms with van der Waals surface area (Å²) in [5.74, 6) is 3.10. The van der Waals surface area contributed by atoms with E-state index < -0.39 is 9.84 Å². The summed E-state index contributed by atoms with van der Waals surface area (Å²) in [6.45, 7) is 5.30. The molecule has 1 aliphatic rings. The summed E-state index contributed by atoms with van der Waals surface area (Å²) in [5.41, 5.74) is 4.25. The molecule has 0 saturated carbocycles. The highest BCUT2D eigenvalue weighted by molar-refractivity contribution is 7.99. The number of hydrogen-bond acceptors (Lipinski definition) is 5. The molecule has 0 spiro atoms. The Labute approximate surface area is 184 Å². The maximum absolute atomic E-state index is 11.8. The Morgan fingerprint density at radius 3 is 2.20 bits per heavy atom. The summed E-state index contributed by atoms with van der Waals surface area (Å²) in [6, 6.07) is 14.1. The molecule has 2 aromatic rings. The molecule has 0 aliphatic carbocycles. The van der Waals surface area contributed by atoms with Gasteiger partial charge in [-0.2, -0.15) is 11.8 Å². The minimum absolute atomic E-state index is 0.375. The van der Waals surface area contributed by atoms with Gasteiger partial charge in [-0.1, -0.05) is 24.3 Å². The molecular weight excluding hydrogens is 416 g/mol. The smallest absolute Gasteiger partial charge is 0.191 e. The van der Waals surface area contributed by atoms with Crippen molar-refractivity contribution in [3.8, 4) is 0 Å². The quantitative estimate of drug-likeness (QED) is 0.525. The van der Waals surface area contributed by atoms with E-state index in [1.807, 2.05) is 30.8 Å². The Balaban J connectivity index is 1.52. The van der Waals surface area contributed by atoms with Crippen LogP contribution in [0.1, 0.15) is 16.7 Å². The minimum Gasteiger partial charge on any atom is -0.370 e. The summed E-state index contributed by atoms with van der Waals surface area (Å²) in [7, 11) is -1.46. The van der Waals surface area contributed by atoms with Crippen molar-refractivity contribution in [2.75, 3.05) is 42.8 Å². The molecular formula is C22H30N4O2S2. The Hall–Kier alpha value is -2.19. The maximum Gasteiger partial charge on any atom is 0.191 e. The van der Waals surface area contributed by atoms with Gasteiger partial charge in [0.2, 0.25) is 0 Å². The van der Waals surface area contributed by atoms with Gasteiger partial charge in [0.25, 0.3) is 0 Å². The normalized spacial score (nSPS) is 15.2. The standard InChI is InChI=1S/C22H30N4O2S2/c1-17-14-19(6-9-21(17)30(3,27)28)16-25-22(23-2)24-15-18-4-7-20(8-5-18)26-10-12-29-13-11-26/h4-9,14H,10-13,15-16H2,1-3H3,(H2,23,24,25). The summed E-state index contributed by atoms with van der Waals surface area (Å²) in [6.07, 6.45) is 1.23. The number of sulfone groups is 1. The van der Waals surface area contributed by atoms with Crippen LogP contribution in [0.5, 0.6) is 0 Å². The molecule has 0 unspecified atom stereocenters. The molecule has 1 heterocycles. The van der Waals surface area contributed by atoms with Gasteiger partial charge < -0.3 is 15.5 Å². The molecule has 0 amide bonds. The van der Waals surface area contributed by atoms with Gasteiger partial charge >= 0.3 is 0 Å². The molecule has 1 aliphatic heterocycles. The van der Waals surface area contributed by atoms with Crippen molar-refractivity contribution in [1.29, 1.82) is 0 Å². The van der Waals surface area contributed by atoms with Crippen LogP contribution >= 0.6 is 11.8 Å². The fourth-order valence-electron chi connectivity index (χ4n) is 3.48. The molecule has 162 valence electrons. The molecule has 1 fully saturated rings. The van der Waals surface area contributed by atoms with Crippen molar-refractivity contribution in [3.63, 3.8) is 0 Å². The summed E-state index contributed by atoms with van der Waals surface area (Å²) in [5, 5.41) is 6.61. The average Bonchev–Trinajstić information content (AvgIpc) is 2.74. The van der Waals surface area contributed by atoms with E-state index in [0.29, 0.717) is 23.9 Å². The molecule has 8 heteroatoms. The van der Waals surface area contributed by atoms with Gasteiger partial charge in [0.1, 0.15) is 0 Å². The number of aliphatic imine (C=N–C) groups is 1. The number of benzene rings is 2. The van der Waals surface area contributed by atoms with E-state index in [2.05, 4.69) is 44.8 Å². The fraction of sp³-hybridized carbons (Fsp3) is 0.409.